The number of aliphatic hydroxyl groups excluding tert-OH is 1. The number of rotatable bonds is 6. The molecule has 5 nitrogen and oxygen atoms in total. The molecule has 1 aliphatic heterocycles. The first kappa shape index (κ1) is 18.5. The third kappa shape index (κ3) is 3.49. The van der Waals surface area contributed by atoms with Crippen molar-refractivity contribution >= 4 is 17.4 Å². The molecule has 1 fully saturated rings. The van der Waals surface area contributed by atoms with Gasteiger partial charge in [-0.05, 0) is 36.8 Å². The van der Waals surface area contributed by atoms with Crippen LogP contribution in [-0.4, -0.2) is 34.8 Å². The Bertz CT molecular complexity index is 884. The molecular formula is C22H21NO4. The number of ether oxygens (including phenoxy) is 1. The van der Waals surface area contributed by atoms with E-state index >= 15 is 0 Å². The van der Waals surface area contributed by atoms with Crippen molar-refractivity contribution in [2.75, 3.05) is 13.2 Å². The molecule has 1 saturated heterocycles. The van der Waals surface area contributed by atoms with E-state index in [9.17, 15) is 14.7 Å². The summed E-state index contributed by atoms with van der Waals surface area (Å²) < 4.78 is 5.41. The summed E-state index contributed by atoms with van der Waals surface area (Å²) in [6, 6.07) is 15.3. The Kier molecular flexibility index (Phi) is 5.41. The lowest BCUT2D eigenvalue weighted by molar-refractivity contribution is -0.139. The van der Waals surface area contributed by atoms with E-state index in [0.29, 0.717) is 17.9 Å². The van der Waals surface area contributed by atoms with Gasteiger partial charge >= 0.3 is 0 Å². The van der Waals surface area contributed by atoms with Gasteiger partial charge in [0.1, 0.15) is 11.5 Å². The quantitative estimate of drug-likeness (QED) is 0.368. The molecule has 1 atom stereocenters. The number of ketones is 1. The van der Waals surface area contributed by atoms with Crippen molar-refractivity contribution in [1.29, 1.82) is 0 Å². The molecular weight excluding hydrogens is 342 g/mol. The van der Waals surface area contributed by atoms with Crippen LogP contribution in [0.3, 0.4) is 0 Å². The van der Waals surface area contributed by atoms with Crippen molar-refractivity contribution in [3.8, 4) is 5.75 Å². The standard InChI is InChI=1S/C22H21NO4/c1-3-14-23-19(15-8-6-5-7-9-15)18(21(25)22(23)26)20(24)16-10-12-17(13-11-16)27-4-2/h3,5-13,19,24H,1,4,14H2,2H3. The van der Waals surface area contributed by atoms with Crippen LogP contribution in [0.15, 0.2) is 72.8 Å². The molecule has 0 aromatic heterocycles. The van der Waals surface area contributed by atoms with Gasteiger partial charge in [-0.25, -0.2) is 0 Å². The Labute approximate surface area is 158 Å². The first-order valence-corrected chi connectivity index (χ1v) is 8.76. The molecule has 1 aliphatic rings. The van der Waals surface area contributed by atoms with Gasteiger partial charge in [-0.2, -0.15) is 0 Å². The third-order valence-corrected chi connectivity index (χ3v) is 4.42. The van der Waals surface area contributed by atoms with Crippen molar-refractivity contribution in [2.45, 2.75) is 13.0 Å². The van der Waals surface area contributed by atoms with Crippen LogP contribution in [-0.2, 0) is 9.59 Å². The second-order valence-corrected chi connectivity index (χ2v) is 6.11. The van der Waals surface area contributed by atoms with Crippen LogP contribution < -0.4 is 4.74 Å². The molecule has 0 aliphatic carbocycles. The fourth-order valence-corrected chi connectivity index (χ4v) is 3.22. The highest BCUT2D eigenvalue weighted by Crippen LogP contribution is 2.39. The highest BCUT2D eigenvalue weighted by atomic mass is 16.5. The second-order valence-electron chi connectivity index (χ2n) is 6.11. The largest absolute Gasteiger partial charge is 0.507 e. The molecule has 5 heteroatoms. The number of likely N-dealkylation sites (tertiary alicyclic amines) is 1. The van der Waals surface area contributed by atoms with Gasteiger partial charge in [-0.3, -0.25) is 9.59 Å². The third-order valence-electron chi connectivity index (χ3n) is 4.42. The molecule has 0 bridgehead atoms. The lowest BCUT2D eigenvalue weighted by Crippen LogP contribution is -2.29. The van der Waals surface area contributed by atoms with Crippen LogP contribution in [0.1, 0.15) is 24.1 Å². The maximum Gasteiger partial charge on any atom is 0.295 e. The normalized spacial score (nSPS) is 18.6. The summed E-state index contributed by atoms with van der Waals surface area (Å²) in [5.74, 6) is -0.870. The zero-order valence-electron chi connectivity index (χ0n) is 15.1. The summed E-state index contributed by atoms with van der Waals surface area (Å²) in [5, 5.41) is 10.9. The molecule has 2 aromatic carbocycles. The number of carbonyl (C=O) groups is 2. The zero-order valence-corrected chi connectivity index (χ0v) is 15.1. The Morgan fingerprint density at radius 2 is 1.81 bits per heavy atom. The maximum atomic E-state index is 12.7. The first-order chi connectivity index (χ1) is 13.1. The van der Waals surface area contributed by atoms with Crippen LogP contribution in [0.4, 0.5) is 0 Å². The number of amides is 1. The van der Waals surface area contributed by atoms with Crippen LogP contribution >= 0.6 is 0 Å². The number of aliphatic hydroxyl groups is 1. The molecule has 1 N–H and O–H groups in total. The lowest BCUT2D eigenvalue weighted by atomic mass is 9.95. The van der Waals surface area contributed by atoms with Gasteiger partial charge in [0.05, 0.1) is 18.2 Å². The number of Topliss-reactive ketones (excluding diaryl/α,β-unsaturated/α-hetero) is 1. The molecule has 1 heterocycles. The molecule has 27 heavy (non-hydrogen) atoms. The predicted molar refractivity (Wildman–Crippen MR) is 103 cm³/mol. The smallest absolute Gasteiger partial charge is 0.295 e. The number of benzene rings is 2. The maximum absolute atomic E-state index is 12.7. The van der Waals surface area contributed by atoms with Crippen molar-refractivity contribution < 1.29 is 19.4 Å². The minimum absolute atomic E-state index is 0.0807. The Balaban J connectivity index is 2.11. The number of hydrogen-bond donors (Lipinski definition) is 1. The van der Waals surface area contributed by atoms with E-state index in [0.717, 1.165) is 5.56 Å². The topological polar surface area (TPSA) is 66.8 Å². The monoisotopic (exact) mass is 363 g/mol. The summed E-state index contributed by atoms with van der Waals surface area (Å²) in [6.45, 7) is 6.30. The van der Waals surface area contributed by atoms with E-state index in [-0.39, 0.29) is 17.9 Å². The van der Waals surface area contributed by atoms with E-state index in [1.54, 1.807) is 30.3 Å². The molecule has 1 unspecified atom stereocenters. The van der Waals surface area contributed by atoms with Crippen LogP contribution in [0.5, 0.6) is 5.75 Å². The fraction of sp³-hybridized carbons (Fsp3) is 0.182. The number of nitrogens with zero attached hydrogens (tertiary/aromatic N) is 1. The van der Waals surface area contributed by atoms with Gasteiger partial charge in [-0.15, -0.1) is 6.58 Å². The zero-order chi connectivity index (χ0) is 19.4. The second kappa shape index (κ2) is 7.91. The SMILES string of the molecule is C=CCN1C(=O)C(=O)C(=C(O)c2ccc(OCC)cc2)C1c1ccccc1. The fourth-order valence-electron chi connectivity index (χ4n) is 3.22. The van der Waals surface area contributed by atoms with Gasteiger partial charge < -0.3 is 14.7 Å². The summed E-state index contributed by atoms with van der Waals surface area (Å²) >= 11 is 0. The molecule has 0 spiro atoms. The van der Waals surface area contributed by atoms with Crippen molar-refractivity contribution in [1.82, 2.24) is 4.90 Å². The van der Waals surface area contributed by atoms with Gasteiger partial charge in [0.15, 0.2) is 0 Å². The summed E-state index contributed by atoms with van der Waals surface area (Å²) in [6.07, 6.45) is 1.57. The van der Waals surface area contributed by atoms with E-state index in [4.69, 9.17) is 4.74 Å². The van der Waals surface area contributed by atoms with Crippen LogP contribution in [0.2, 0.25) is 0 Å². The van der Waals surface area contributed by atoms with E-state index in [1.807, 2.05) is 37.3 Å². The minimum atomic E-state index is -0.697. The molecule has 1 amide bonds. The summed E-state index contributed by atoms with van der Waals surface area (Å²) in [4.78, 5) is 26.6. The van der Waals surface area contributed by atoms with Crippen molar-refractivity contribution in [3.05, 3.63) is 84.0 Å². The number of carbonyl (C=O) groups excluding carboxylic acids is 2. The highest BCUT2D eigenvalue weighted by Gasteiger charge is 2.45. The Hall–Kier alpha value is -3.34. The molecule has 2 aromatic rings. The van der Waals surface area contributed by atoms with E-state index < -0.39 is 17.7 Å². The molecule has 138 valence electrons. The Morgan fingerprint density at radius 1 is 1.15 bits per heavy atom. The predicted octanol–water partition coefficient (Wildman–Crippen LogP) is 3.69. The van der Waals surface area contributed by atoms with Gasteiger partial charge in [0.2, 0.25) is 0 Å². The lowest BCUT2D eigenvalue weighted by Gasteiger charge is -2.24. The van der Waals surface area contributed by atoms with Crippen molar-refractivity contribution in [2.24, 2.45) is 0 Å². The molecule has 0 saturated carbocycles. The van der Waals surface area contributed by atoms with E-state index in [1.165, 1.54) is 4.90 Å². The highest BCUT2D eigenvalue weighted by molar-refractivity contribution is 6.46. The first-order valence-electron chi connectivity index (χ1n) is 8.76. The van der Waals surface area contributed by atoms with Gasteiger partial charge in [-0.1, -0.05) is 36.4 Å². The summed E-state index contributed by atoms with van der Waals surface area (Å²) in [5.41, 5.74) is 1.29. The van der Waals surface area contributed by atoms with E-state index in [2.05, 4.69) is 6.58 Å². The average Bonchev–Trinajstić information content (AvgIpc) is 2.94. The van der Waals surface area contributed by atoms with Crippen molar-refractivity contribution in [3.63, 3.8) is 0 Å². The van der Waals surface area contributed by atoms with Gasteiger partial charge in [0, 0.05) is 12.1 Å². The minimum Gasteiger partial charge on any atom is -0.507 e. The number of hydrogen-bond acceptors (Lipinski definition) is 4. The van der Waals surface area contributed by atoms with Crippen LogP contribution in [0.25, 0.3) is 5.76 Å². The van der Waals surface area contributed by atoms with Crippen LogP contribution in [0, 0.1) is 0 Å². The molecule has 0 radical (unpaired) electrons. The Morgan fingerprint density at radius 3 is 2.41 bits per heavy atom. The molecule has 3 rings (SSSR count). The van der Waals surface area contributed by atoms with Gasteiger partial charge in [0.25, 0.3) is 11.7 Å². The average molecular weight is 363 g/mol. The summed E-state index contributed by atoms with van der Waals surface area (Å²) in [7, 11) is 0.